The van der Waals surface area contributed by atoms with E-state index < -0.39 is 0 Å². The number of fused-ring (bicyclic) bond motifs is 1. The lowest BCUT2D eigenvalue weighted by atomic mass is 10.2. The van der Waals surface area contributed by atoms with E-state index in [1.807, 2.05) is 6.92 Å². The van der Waals surface area contributed by atoms with E-state index in [0.29, 0.717) is 10.7 Å². The highest BCUT2D eigenvalue weighted by Gasteiger charge is 2.12. The maximum Gasteiger partial charge on any atom is 0.266 e. The molecule has 0 unspecified atom stereocenters. The number of nitrogens with zero attached hydrogens (tertiary/aromatic N) is 1. The Hall–Kier alpha value is -2.21. The predicted molar refractivity (Wildman–Crippen MR) is 73.1 cm³/mol. The lowest BCUT2D eigenvalue weighted by Crippen LogP contribution is -2.10. The number of thiophene rings is 1. The minimum absolute atomic E-state index is 0.242. The molecule has 1 aromatic carbocycles. The second-order valence-corrected chi connectivity index (χ2v) is 5.27. The summed E-state index contributed by atoms with van der Waals surface area (Å²) in [6, 6.07) is 7.90. The van der Waals surface area contributed by atoms with Crippen LogP contribution in [0.25, 0.3) is 10.1 Å². The van der Waals surface area contributed by atoms with E-state index >= 15 is 0 Å². The fourth-order valence-corrected chi connectivity index (χ4v) is 2.72. The van der Waals surface area contributed by atoms with Crippen LogP contribution in [0.15, 0.2) is 30.3 Å². The summed E-state index contributed by atoms with van der Waals surface area (Å²) in [5, 5.41) is 10.1. The summed E-state index contributed by atoms with van der Waals surface area (Å²) in [5.74, 6) is -0.0700. The number of aromatic amines is 1. The van der Waals surface area contributed by atoms with Crippen LogP contribution in [0.2, 0.25) is 0 Å². The third kappa shape index (κ3) is 2.34. The van der Waals surface area contributed by atoms with E-state index in [1.165, 1.54) is 23.5 Å². The molecule has 2 aromatic heterocycles. The van der Waals surface area contributed by atoms with Gasteiger partial charge in [0.25, 0.3) is 5.91 Å². The molecule has 0 aliphatic heterocycles. The molecule has 3 aromatic rings. The highest BCUT2D eigenvalue weighted by molar-refractivity contribution is 7.20. The van der Waals surface area contributed by atoms with Gasteiger partial charge in [0.15, 0.2) is 5.82 Å². The summed E-state index contributed by atoms with van der Waals surface area (Å²) >= 11 is 1.32. The summed E-state index contributed by atoms with van der Waals surface area (Å²) in [5.41, 5.74) is 0.869. The topological polar surface area (TPSA) is 57.8 Å². The van der Waals surface area contributed by atoms with Crippen LogP contribution in [0.3, 0.4) is 0 Å². The minimum atomic E-state index is -0.305. The van der Waals surface area contributed by atoms with Crippen molar-refractivity contribution in [2.75, 3.05) is 5.32 Å². The summed E-state index contributed by atoms with van der Waals surface area (Å²) in [6.07, 6.45) is 0. The number of aryl methyl sites for hydroxylation is 1. The highest BCUT2D eigenvalue weighted by atomic mass is 32.1. The molecule has 0 fully saturated rings. The molecule has 2 N–H and O–H groups in total. The van der Waals surface area contributed by atoms with Crippen LogP contribution in [0.1, 0.15) is 15.4 Å². The van der Waals surface area contributed by atoms with Gasteiger partial charge in [0.2, 0.25) is 0 Å². The van der Waals surface area contributed by atoms with Crippen LogP contribution < -0.4 is 5.32 Å². The van der Waals surface area contributed by atoms with Gasteiger partial charge in [-0.05, 0) is 36.6 Å². The summed E-state index contributed by atoms with van der Waals surface area (Å²) in [6.45, 7) is 1.85. The molecule has 0 atom stereocenters. The maximum atomic E-state index is 13.1. The molecular formula is C13H10FN3OS. The lowest BCUT2D eigenvalue weighted by Gasteiger charge is -1.97. The van der Waals surface area contributed by atoms with Crippen molar-refractivity contribution in [2.45, 2.75) is 6.92 Å². The van der Waals surface area contributed by atoms with Gasteiger partial charge in [-0.25, -0.2) is 4.39 Å². The standard InChI is InChI=1S/C13H10FN3OS/c1-7-4-12(17-16-7)15-13(18)11-6-8-5-9(14)2-3-10(8)19-11/h2-6H,1H3,(H2,15,16,17,18). The fourth-order valence-electron chi connectivity index (χ4n) is 1.79. The number of aromatic nitrogens is 2. The molecule has 0 bridgehead atoms. The van der Waals surface area contributed by atoms with Gasteiger partial charge in [-0.3, -0.25) is 9.89 Å². The van der Waals surface area contributed by atoms with Crippen molar-refractivity contribution >= 4 is 33.1 Å². The Balaban J connectivity index is 1.89. The van der Waals surface area contributed by atoms with Crippen LogP contribution in [0.5, 0.6) is 0 Å². The molecule has 6 heteroatoms. The lowest BCUT2D eigenvalue weighted by molar-refractivity contribution is 0.103. The molecule has 0 radical (unpaired) electrons. The van der Waals surface area contributed by atoms with Crippen LogP contribution in [-0.4, -0.2) is 16.1 Å². The quantitative estimate of drug-likeness (QED) is 0.753. The Morgan fingerprint density at radius 1 is 1.37 bits per heavy atom. The van der Waals surface area contributed by atoms with Gasteiger partial charge < -0.3 is 5.32 Å². The molecule has 0 saturated heterocycles. The van der Waals surface area contributed by atoms with Gasteiger partial charge in [0.05, 0.1) is 4.88 Å². The Kier molecular flexibility index (Phi) is 2.79. The van der Waals surface area contributed by atoms with E-state index in [-0.39, 0.29) is 11.7 Å². The first kappa shape index (κ1) is 11.9. The van der Waals surface area contributed by atoms with Crippen molar-refractivity contribution in [3.63, 3.8) is 0 Å². The summed E-state index contributed by atoms with van der Waals surface area (Å²) < 4.78 is 14.0. The Bertz CT molecular complexity index is 762. The summed E-state index contributed by atoms with van der Waals surface area (Å²) in [7, 11) is 0. The number of halogens is 1. The van der Waals surface area contributed by atoms with E-state index in [0.717, 1.165) is 15.8 Å². The molecule has 0 saturated carbocycles. The number of hydrogen-bond acceptors (Lipinski definition) is 3. The molecule has 2 heterocycles. The maximum absolute atomic E-state index is 13.1. The molecule has 0 spiro atoms. The van der Waals surface area contributed by atoms with Crippen molar-refractivity contribution in [1.29, 1.82) is 0 Å². The predicted octanol–water partition coefficient (Wildman–Crippen LogP) is 3.32. The largest absolute Gasteiger partial charge is 0.304 e. The van der Waals surface area contributed by atoms with Crippen molar-refractivity contribution in [2.24, 2.45) is 0 Å². The zero-order valence-corrected chi connectivity index (χ0v) is 10.8. The zero-order chi connectivity index (χ0) is 13.4. The Labute approximate surface area is 112 Å². The van der Waals surface area contributed by atoms with E-state index in [1.54, 1.807) is 18.2 Å². The number of H-pyrrole nitrogens is 1. The highest BCUT2D eigenvalue weighted by Crippen LogP contribution is 2.26. The number of benzene rings is 1. The minimum Gasteiger partial charge on any atom is -0.304 e. The molecule has 1 amide bonds. The van der Waals surface area contributed by atoms with Crippen molar-refractivity contribution < 1.29 is 9.18 Å². The SMILES string of the molecule is Cc1cc(NC(=O)c2cc3cc(F)ccc3s2)n[nH]1. The number of carbonyl (C=O) groups excluding carboxylic acids is 1. The van der Waals surface area contributed by atoms with Gasteiger partial charge in [0, 0.05) is 16.5 Å². The number of hydrogen-bond donors (Lipinski definition) is 2. The molecule has 19 heavy (non-hydrogen) atoms. The molecule has 96 valence electrons. The Morgan fingerprint density at radius 2 is 2.21 bits per heavy atom. The van der Waals surface area contributed by atoms with Crippen molar-refractivity contribution in [1.82, 2.24) is 10.2 Å². The second-order valence-electron chi connectivity index (χ2n) is 4.18. The molecule has 4 nitrogen and oxygen atoms in total. The van der Waals surface area contributed by atoms with Crippen molar-refractivity contribution in [3.05, 3.63) is 46.7 Å². The first-order valence-electron chi connectivity index (χ1n) is 5.64. The average Bonchev–Trinajstić information content (AvgIpc) is 2.95. The molecular weight excluding hydrogens is 265 g/mol. The van der Waals surface area contributed by atoms with Gasteiger partial charge in [0.1, 0.15) is 5.82 Å². The third-order valence-electron chi connectivity index (χ3n) is 2.65. The normalized spacial score (nSPS) is 10.8. The smallest absolute Gasteiger partial charge is 0.266 e. The van der Waals surface area contributed by atoms with Crippen LogP contribution in [0.4, 0.5) is 10.2 Å². The van der Waals surface area contributed by atoms with Crippen molar-refractivity contribution in [3.8, 4) is 0 Å². The fraction of sp³-hybridized carbons (Fsp3) is 0.0769. The van der Waals surface area contributed by atoms with E-state index in [2.05, 4.69) is 15.5 Å². The van der Waals surface area contributed by atoms with Crippen LogP contribution in [0, 0.1) is 12.7 Å². The first-order valence-corrected chi connectivity index (χ1v) is 6.46. The number of anilines is 1. The van der Waals surface area contributed by atoms with Crippen LogP contribution in [-0.2, 0) is 0 Å². The molecule has 0 aliphatic rings. The van der Waals surface area contributed by atoms with E-state index in [9.17, 15) is 9.18 Å². The average molecular weight is 275 g/mol. The molecule has 0 aliphatic carbocycles. The number of amides is 1. The number of rotatable bonds is 2. The first-order chi connectivity index (χ1) is 9.11. The number of carbonyl (C=O) groups is 1. The van der Waals surface area contributed by atoms with E-state index in [4.69, 9.17) is 0 Å². The third-order valence-corrected chi connectivity index (χ3v) is 3.76. The van der Waals surface area contributed by atoms with Gasteiger partial charge >= 0.3 is 0 Å². The monoisotopic (exact) mass is 275 g/mol. The number of nitrogens with one attached hydrogen (secondary N) is 2. The second kappa shape index (κ2) is 4.47. The summed E-state index contributed by atoms with van der Waals surface area (Å²) in [4.78, 5) is 12.6. The molecule has 3 rings (SSSR count). The van der Waals surface area contributed by atoms with Gasteiger partial charge in [-0.1, -0.05) is 0 Å². The Morgan fingerprint density at radius 3 is 2.95 bits per heavy atom. The van der Waals surface area contributed by atoms with Gasteiger partial charge in [-0.2, -0.15) is 5.10 Å². The van der Waals surface area contributed by atoms with Gasteiger partial charge in [-0.15, -0.1) is 11.3 Å². The van der Waals surface area contributed by atoms with Crippen LogP contribution >= 0.6 is 11.3 Å². The zero-order valence-electron chi connectivity index (χ0n) is 10.0.